The topological polar surface area (TPSA) is 6.48 Å². The summed E-state index contributed by atoms with van der Waals surface area (Å²) in [6, 6.07) is 0. The number of hydrogen-bond donors (Lipinski definition) is 0. The molecular formula is C7H15IN2. The Bertz CT molecular complexity index is 95.8. The second-order valence-electron chi connectivity index (χ2n) is 3.24. The van der Waals surface area contributed by atoms with Crippen molar-refractivity contribution in [3.8, 4) is 0 Å². The molecule has 0 radical (unpaired) electrons. The molecule has 0 aromatic rings. The normalized spacial score (nSPS) is 32.1. The minimum Gasteiger partial charge on any atom is -0.305 e. The number of halogens is 1. The van der Waals surface area contributed by atoms with Crippen molar-refractivity contribution in [2.75, 3.05) is 33.2 Å². The molecule has 0 saturated carbocycles. The molecule has 1 heterocycles. The van der Waals surface area contributed by atoms with Gasteiger partial charge >= 0.3 is 0 Å². The minimum absolute atomic E-state index is 0.824. The van der Waals surface area contributed by atoms with Crippen LogP contribution in [0.15, 0.2) is 0 Å². The molecule has 1 fully saturated rings. The first-order valence-corrected chi connectivity index (χ1v) is 4.74. The molecule has 1 saturated heterocycles. The summed E-state index contributed by atoms with van der Waals surface area (Å²) >= 11 is 2.41. The highest BCUT2D eigenvalue weighted by atomic mass is 127. The van der Waals surface area contributed by atoms with Crippen LogP contribution in [0.1, 0.15) is 6.92 Å². The molecule has 3 heteroatoms. The van der Waals surface area contributed by atoms with Crippen molar-refractivity contribution in [1.82, 2.24) is 8.01 Å². The Labute approximate surface area is 77.1 Å². The van der Waals surface area contributed by atoms with Gasteiger partial charge in [-0.25, -0.2) is 3.11 Å². The van der Waals surface area contributed by atoms with Gasteiger partial charge in [0.1, 0.15) is 0 Å². The van der Waals surface area contributed by atoms with Crippen molar-refractivity contribution in [2.24, 2.45) is 5.92 Å². The molecule has 1 aliphatic rings. The average molecular weight is 254 g/mol. The fourth-order valence-electron chi connectivity index (χ4n) is 1.39. The first-order valence-electron chi connectivity index (χ1n) is 3.78. The van der Waals surface area contributed by atoms with Gasteiger partial charge in [-0.2, -0.15) is 0 Å². The van der Waals surface area contributed by atoms with Gasteiger partial charge in [0.05, 0.1) is 0 Å². The number of nitrogens with zero attached hydrogens (tertiary/aromatic N) is 2. The molecular weight excluding hydrogens is 239 g/mol. The predicted octanol–water partition coefficient (Wildman–Crippen LogP) is 1.22. The second-order valence-corrected chi connectivity index (χ2v) is 4.60. The van der Waals surface area contributed by atoms with Gasteiger partial charge in [0, 0.05) is 49.0 Å². The number of hydrogen-bond acceptors (Lipinski definition) is 2. The highest BCUT2D eigenvalue weighted by Crippen LogP contribution is 2.10. The summed E-state index contributed by atoms with van der Waals surface area (Å²) in [6.45, 7) is 7.23. The van der Waals surface area contributed by atoms with E-state index in [9.17, 15) is 0 Å². The lowest BCUT2D eigenvalue weighted by Gasteiger charge is -2.14. The summed E-state index contributed by atoms with van der Waals surface area (Å²) < 4.78 is 2.38. The van der Waals surface area contributed by atoms with E-state index < -0.39 is 0 Å². The summed E-state index contributed by atoms with van der Waals surface area (Å²) in [5.74, 6) is 0.824. The van der Waals surface area contributed by atoms with Crippen molar-refractivity contribution in [3.63, 3.8) is 0 Å². The highest BCUT2D eigenvalue weighted by Gasteiger charge is 2.14. The van der Waals surface area contributed by atoms with E-state index in [4.69, 9.17) is 0 Å². The molecule has 0 N–H and O–H groups in total. The monoisotopic (exact) mass is 254 g/mol. The first kappa shape index (κ1) is 8.74. The standard InChI is InChI=1S/C7H15IN2/c1-7-5-9(2)3-4-10(8)6-7/h7H,3-6H2,1-2H3. The van der Waals surface area contributed by atoms with Crippen LogP contribution in [-0.4, -0.2) is 41.2 Å². The van der Waals surface area contributed by atoms with Gasteiger partial charge in [-0.1, -0.05) is 6.92 Å². The Morgan fingerprint density at radius 3 is 2.70 bits per heavy atom. The molecule has 0 aromatic carbocycles. The van der Waals surface area contributed by atoms with Crippen LogP contribution in [0.2, 0.25) is 0 Å². The molecule has 0 amide bonds. The van der Waals surface area contributed by atoms with E-state index in [0.29, 0.717) is 0 Å². The van der Waals surface area contributed by atoms with Crippen LogP contribution in [0.5, 0.6) is 0 Å². The molecule has 60 valence electrons. The van der Waals surface area contributed by atoms with E-state index in [2.05, 4.69) is 44.8 Å². The molecule has 0 aliphatic carbocycles. The smallest absolute Gasteiger partial charge is 0.0209 e. The zero-order valence-corrected chi connectivity index (χ0v) is 8.84. The van der Waals surface area contributed by atoms with Crippen LogP contribution in [0.3, 0.4) is 0 Å². The first-order chi connectivity index (χ1) is 4.68. The summed E-state index contributed by atoms with van der Waals surface area (Å²) in [5.41, 5.74) is 0. The molecule has 0 spiro atoms. The van der Waals surface area contributed by atoms with E-state index in [1.54, 1.807) is 0 Å². The molecule has 0 bridgehead atoms. The Morgan fingerprint density at radius 1 is 1.30 bits per heavy atom. The van der Waals surface area contributed by atoms with E-state index in [-0.39, 0.29) is 0 Å². The van der Waals surface area contributed by atoms with E-state index >= 15 is 0 Å². The maximum Gasteiger partial charge on any atom is 0.0209 e. The predicted molar refractivity (Wildman–Crippen MR) is 52.3 cm³/mol. The molecule has 1 rings (SSSR count). The van der Waals surface area contributed by atoms with Gasteiger partial charge in [0.2, 0.25) is 0 Å². The molecule has 1 aliphatic heterocycles. The lowest BCUT2D eigenvalue weighted by molar-refractivity contribution is 0.321. The van der Waals surface area contributed by atoms with Gasteiger partial charge in [-0.05, 0) is 13.0 Å². The van der Waals surface area contributed by atoms with Crippen molar-refractivity contribution >= 4 is 22.9 Å². The molecule has 10 heavy (non-hydrogen) atoms. The van der Waals surface area contributed by atoms with Gasteiger partial charge in [0.15, 0.2) is 0 Å². The Balaban J connectivity index is 2.38. The van der Waals surface area contributed by atoms with E-state index in [1.165, 1.54) is 26.2 Å². The molecule has 2 nitrogen and oxygen atoms in total. The van der Waals surface area contributed by atoms with Crippen LogP contribution < -0.4 is 0 Å². The fourth-order valence-corrected chi connectivity index (χ4v) is 2.28. The third kappa shape index (κ3) is 2.72. The molecule has 0 aromatic heterocycles. The van der Waals surface area contributed by atoms with Crippen LogP contribution in [0, 0.1) is 5.92 Å². The average Bonchev–Trinajstić information content (AvgIpc) is 1.93. The van der Waals surface area contributed by atoms with Crippen LogP contribution in [-0.2, 0) is 0 Å². The maximum absolute atomic E-state index is 2.41. The lowest BCUT2D eigenvalue weighted by atomic mass is 10.2. The summed E-state index contributed by atoms with van der Waals surface area (Å²) in [6.07, 6.45) is 0. The molecule has 1 unspecified atom stereocenters. The largest absolute Gasteiger partial charge is 0.305 e. The summed E-state index contributed by atoms with van der Waals surface area (Å²) in [7, 11) is 2.20. The van der Waals surface area contributed by atoms with Crippen molar-refractivity contribution in [3.05, 3.63) is 0 Å². The van der Waals surface area contributed by atoms with E-state index in [1.807, 2.05) is 0 Å². The summed E-state index contributed by atoms with van der Waals surface area (Å²) in [5, 5.41) is 0. The van der Waals surface area contributed by atoms with Crippen LogP contribution >= 0.6 is 22.9 Å². The van der Waals surface area contributed by atoms with Gasteiger partial charge in [-0.15, -0.1) is 0 Å². The Kier molecular flexibility index (Phi) is 3.39. The second kappa shape index (κ2) is 3.88. The molecule has 1 atom stereocenters. The SMILES string of the molecule is CC1CN(C)CCN(I)C1. The zero-order valence-electron chi connectivity index (χ0n) is 6.68. The minimum atomic E-state index is 0.824. The van der Waals surface area contributed by atoms with Crippen LogP contribution in [0.4, 0.5) is 0 Å². The quantitative estimate of drug-likeness (QED) is 0.473. The van der Waals surface area contributed by atoms with Crippen LogP contribution in [0.25, 0.3) is 0 Å². The summed E-state index contributed by atoms with van der Waals surface area (Å²) in [4.78, 5) is 2.41. The Morgan fingerprint density at radius 2 is 2.00 bits per heavy atom. The third-order valence-electron chi connectivity index (χ3n) is 1.86. The van der Waals surface area contributed by atoms with E-state index in [0.717, 1.165) is 5.92 Å². The van der Waals surface area contributed by atoms with Gasteiger partial charge < -0.3 is 4.90 Å². The van der Waals surface area contributed by atoms with Crippen molar-refractivity contribution < 1.29 is 0 Å². The van der Waals surface area contributed by atoms with Crippen molar-refractivity contribution in [2.45, 2.75) is 6.92 Å². The number of likely N-dealkylation sites (N-methyl/N-ethyl adjacent to an activating group) is 1. The van der Waals surface area contributed by atoms with Crippen molar-refractivity contribution in [1.29, 1.82) is 0 Å². The third-order valence-corrected chi connectivity index (χ3v) is 2.73. The highest BCUT2D eigenvalue weighted by molar-refractivity contribution is 14.1. The maximum atomic E-state index is 2.41. The van der Waals surface area contributed by atoms with Gasteiger partial charge in [-0.3, -0.25) is 0 Å². The number of rotatable bonds is 0. The lowest BCUT2D eigenvalue weighted by Crippen LogP contribution is -2.24. The zero-order chi connectivity index (χ0) is 7.56. The van der Waals surface area contributed by atoms with Gasteiger partial charge in [0.25, 0.3) is 0 Å². The Hall–Kier alpha value is 0.650. The fraction of sp³-hybridized carbons (Fsp3) is 1.00.